The van der Waals surface area contributed by atoms with E-state index in [0.29, 0.717) is 17.8 Å². The average Bonchev–Trinajstić information content (AvgIpc) is 3.29. The van der Waals surface area contributed by atoms with Crippen molar-refractivity contribution in [2.24, 2.45) is 5.41 Å². The first kappa shape index (κ1) is 23.1. The fourth-order valence-electron chi connectivity index (χ4n) is 4.08. The lowest BCUT2D eigenvalue weighted by Crippen LogP contribution is -2.15. The molecule has 3 aromatic rings. The topological polar surface area (TPSA) is 46.4 Å². The maximum atomic E-state index is 12.7. The molecule has 7 heteroatoms. The number of rotatable bonds is 8. The molecule has 0 radical (unpaired) electrons. The third kappa shape index (κ3) is 5.29. The Morgan fingerprint density at radius 3 is 2.67 bits per heavy atom. The number of carbonyl (C=O) groups is 1. The summed E-state index contributed by atoms with van der Waals surface area (Å²) in [5.74, 6) is 0.170. The molecular formula is C26H28F3N3O. The largest absolute Gasteiger partial charge is 0.390 e. The standard InChI is InChI=1S/C26H28F3N3O/c1-4-5-18-13-21(30-11-10-26(27,28)29)24-31-15-22(32(24)16-18)19-6-7-20(17(2)12-19)23(33)14-25(3)8-9-25/h4-7,12-13,15-16,30H,8-11,14H2,1-3H3/b5-4+. The summed E-state index contributed by atoms with van der Waals surface area (Å²) in [6.45, 7) is 5.74. The molecule has 1 fully saturated rings. The number of aryl methyl sites for hydroxylation is 1. The van der Waals surface area contributed by atoms with Crippen molar-refractivity contribution in [1.29, 1.82) is 0 Å². The van der Waals surface area contributed by atoms with Gasteiger partial charge in [0.25, 0.3) is 0 Å². The molecule has 0 spiro atoms. The third-order valence-electron chi connectivity index (χ3n) is 6.22. The average molecular weight is 456 g/mol. The number of aromatic nitrogens is 2. The van der Waals surface area contributed by atoms with Crippen molar-refractivity contribution in [3.05, 3.63) is 59.4 Å². The van der Waals surface area contributed by atoms with Crippen LogP contribution in [0.4, 0.5) is 18.9 Å². The lowest BCUT2D eigenvalue weighted by atomic mass is 9.93. The number of Topliss-reactive ketones (excluding diaryl/α,β-unsaturated/α-hetero) is 1. The molecule has 0 saturated heterocycles. The Kier molecular flexibility index (Phi) is 6.08. The molecule has 2 aromatic heterocycles. The van der Waals surface area contributed by atoms with Crippen LogP contribution in [0.2, 0.25) is 0 Å². The molecular weight excluding hydrogens is 427 g/mol. The second kappa shape index (κ2) is 8.69. The molecule has 1 aromatic carbocycles. The van der Waals surface area contributed by atoms with Gasteiger partial charge in [-0.3, -0.25) is 9.20 Å². The number of hydrogen-bond donors (Lipinski definition) is 1. The highest BCUT2D eigenvalue weighted by Crippen LogP contribution is 2.48. The molecule has 4 nitrogen and oxygen atoms in total. The molecule has 0 atom stereocenters. The van der Waals surface area contributed by atoms with Gasteiger partial charge in [-0.1, -0.05) is 31.2 Å². The van der Waals surface area contributed by atoms with Gasteiger partial charge in [0.05, 0.1) is 24.0 Å². The lowest BCUT2D eigenvalue weighted by molar-refractivity contribution is -0.131. The quantitative estimate of drug-likeness (QED) is 0.369. The minimum Gasteiger partial charge on any atom is -0.382 e. The highest BCUT2D eigenvalue weighted by Gasteiger charge is 2.39. The monoisotopic (exact) mass is 455 g/mol. The van der Waals surface area contributed by atoms with Gasteiger partial charge in [0.15, 0.2) is 11.4 Å². The van der Waals surface area contributed by atoms with Crippen LogP contribution < -0.4 is 5.32 Å². The highest BCUT2D eigenvalue weighted by molar-refractivity contribution is 5.98. The molecule has 1 saturated carbocycles. The number of nitrogens with zero attached hydrogens (tertiary/aromatic N) is 2. The van der Waals surface area contributed by atoms with Crippen LogP contribution in [0.5, 0.6) is 0 Å². The predicted molar refractivity (Wildman–Crippen MR) is 126 cm³/mol. The highest BCUT2D eigenvalue weighted by atomic mass is 19.4. The van der Waals surface area contributed by atoms with Gasteiger partial charge in [-0.25, -0.2) is 4.98 Å². The summed E-state index contributed by atoms with van der Waals surface area (Å²) in [7, 11) is 0. The number of imidazole rings is 1. The van der Waals surface area contributed by atoms with Gasteiger partial charge >= 0.3 is 6.18 Å². The molecule has 2 heterocycles. The number of anilines is 1. The number of carbonyl (C=O) groups excluding carboxylic acids is 1. The van der Waals surface area contributed by atoms with Crippen LogP contribution in [-0.4, -0.2) is 27.9 Å². The minimum atomic E-state index is -4.22. The Balaban J connectivity index is 1.67. The van der Waals surface area contributed by atoms with Crippen LogP contribution in [0, 0.1) is 12.3 Å². The van der Waals surface area contributed by atoms with Crippen LogP contribution in [0.1, 0.15) is 61.0 Å². The number of benzene rings is 1. The van der Waals surface area contributed by atoms with E-state index in [0.717, 1.165) is 40.8 Å². The molecule has 1 aliphatic carbocycles. The van der Waals surface area contributed by atoms with Gasteiger partial charge in [0.2, 0.25) is 0 Å². The number of pyridine rings is 1. The first-order chi connectivity index (χ1) is 15.6. The van der Waals surface area contributed by atoms with Gasteiger partial charge in [0.1, 0.15) is 0 Å². The SMILES string of the molecule is C/C=C/c1cc(NCCC(F)(F)F)c2ncc(-c3ccc(C(=O)CC4(C)CC4)c(C)c3)n2c1. The van der Waals surface area contributed by atoms with Gasteiger partial charge < -0.3 is 5.32 Å². The molecule has 0 amide bonds. The van der Waals surface area contributed by atoms with E-state index in [1.807, 2.05) is 54.8 Å². The summed E-state index contributed by atoms with van der Waals surface area (Å²) in [5, 5.41) is 2.89. The van der Waals surface area contributed by atoms with Gasteiger partial charge in [-0.15, -0.1) is 0 Å². The molecule has 4 rings (SSSR count). The number of nitrogens with one attached hydrogen (secondary N) is 1. The van der Waals surface area contributed by atoms with Crippen molar-refractivity contribution in [1.82, 2.24) is 9.38 Å². The lowest BCUT2D eigenvalue weighted by Gasteiger charge is -2.13. The van der Waals surface area contributed by atoms with E-state index in [4.69, 9.17) is 0 Å². The fourth-order valence-corrected chi connectivity index (χ4v) is 4.08. The van der Waals surface area contributed by atoms with Gasteiger partial charge in [-0.2, -0.15) is 13.2 Å². The molecule has 174 valence electrons. The summed E-state index contributed by atoms with van der Waals surface area (Å²) in [6.07, 6.45) is 5.03. The first-order valence-electron chi connectivity index (χ1n) is 11.2. The van der Waals surface area contributed by atoms with E-state index >= 15 is 0 Å². The Morgan fingerprint density at radius 2 is 2.03 bits per heavy atom. The molecule has 0 bridgehead atoms. The second-order valence-electron chi connectivity index (χ2n) is 9.26. The third-order valence-corrected chi connectivity index (χ3v) is 6.22. The summed E-state index contributed by atoms with van der Waals surface area (Å²) >= 11 is 0. The van der Waals surface area contributed by atoms with Crippen molar-refractivity contribution in [3.8, 4) is 11.3 Å². The van der Waals surface area contributed by atoms with E-state index in [2.05, 4.69) is 17.2 Å². The van der Waals surface area contributed by atoms with Crippen LogP contribution >= 0.6 is 0 Å². The number of halogens is 3. The van der Waals surface area contributed by atoms with Crippen molar-refractivity contribution >= 4 is 23.2 Å². The predicted octanol–water partition coefficient (Wildman–Crippen LogP) is 7.08. The smallest absolute Gasteiger partial charge is 0.382 e. The molecule has 1 aliphatic rings. The summed E-state index contributed by atoms with van der Waals surface area (Å²) in [6, 6.07) is 7.56. The zero-order chi connectivity index (χ0) is 23.8. The Labute approximate surface area is 191 Å². The number of ketones is 1. The van der Waals surface area contributed by atoms with E-state index in [1.54, 1.807) is 12.3 Å². The maximum Gasteiger partial charge on any atom is 0.390 e. The zero-order valence-corrected chi connectivity index (χ0v) is 19.1. The number of fused-ring (bicyclic) bond motifs is 1. The Hall–Kier alpha value is -3.09. The number of allylic oxidation sites excluding steroid dienone is 1. The van der Waals surface area contributed by atoms with Gasteiger partial charge in [-0.05, 0) is 55.4 Å². The number of alkyl halides is 3. The van der Waals surface area contributed by atoms with Crippen molar-refractivity contribution < 1.29 is 18.0 Å². The zero-order valence-electron chi connectivity index (χ0n) is 19.1. The van der Waals surface area contributed by atoms with E-state index in [1.165, 1.54) is 0 Å². The van der Waals surface area contributed by atoms with Crippen LogP contribution in [-0.2, 0) is 0 Å². The molecule has 0 unspecified atom stereocenters. The van der Waals surface area contributed by atoms with Crippen LogP contribution in [0.15, 0.2) is 42.7 Å². The van der Waals surface area contributed by atoms with Crippen molar-refractivity contribution in [2.45, 2.75) is 52.6 Å². The Bertz CT molecular complexity index is 1220. The van der Waals surface area contributed by atoms with E-state index in [-0.39, 0.29) is 17.7 Å². The van der Waals surface area contributed by atoms with E-state index in [9.17, 15) is 18.0 Å². The number of hydrogen-bond acceptors (Lipinski definition) is 3. The Morgan fingerprint density at radius 1 is 1.27 bits per heavy atom. The minimum absolute atomic E-state index is 0.155. The molecule has 0 aliphatic heterocycles. The maximum absolute atomic E-state index is 12.7. The van der Waals surface area contributed by atoms with E-state index < -0.39 is 12.6 Å². The van der Waals surface area contributed by atoms with Gasteiger partial charge in [0, 0.05) is 30.3 Å². The molecule has 1 N–H and O–H groups in total. The van der Waals surface area contributed by atoms with Crippen molar-refractivity contribution in [3.63, 3.8) is 0 Å². The summed E-state index contributed by atoms with van der Waals surface area (Å²) in [4.78, 5) is 17.2. The first-order valence-corrected chi connectivity index (χ1v) is 11.2. The summed E-state index contributed by atoms with van der Waals surface area (Å²) < 4.78 is 39.8. The fraction of sp³-hybridized carbons (Fsp3) is 0.385. The van der Waals surface area contributed by atoms with Crippen molar-refractivity contribution in [2.75, 3.05) is 11.9 Å². The van der Waals surface area contributed by atoms with Crippen LogP contribution in [0.25, 0.3) is 23.0 Å². The summed E-state index contributed by atoms with van der Waals surface area (Å²) in [5.41, 5.74) is 5.46. The second-order valence-corrected chi connectivity index (χ2v) is 9.26. The van der Waals surface area contributed by atoms with Crippen LogP contribution in [0.3, 0.4) is 0 Å². The normalized spacial score (nSPS) is 15.3. The molecule has 33 heavy (non-hydrogen) atoms.